The number of rotatable bonds is 6. The summed E-state index contributed by atoms with van der Waals surface area (Å²) in [5, 5.41) is 0. The molecule has 0 radical (unpaired) electrons. The minimum Gasteiger partial charge on any atom is -0.444 e. The average molecular weight is 587 g/mol. The number of ether oxygens (including phenoxy) is 2. The molecule has 1 aliphatic rings. The van der Waals surface area contributed by atoms with Gasteiger partial charge >= 0.3 is 18.4 Å². The molecule has 11 heteroatoms. The molecule has 1 aliphatic heterocycles. The zero-order chi connectivity index (χ0) is 30.8. The molecule has 2 aromatic carbocycles. The van der Waals surface area contributed by atoms with E-state index in [0.29, 0.717) is 12.2 Å². The molecule has 0 spiro atoms. The minimum atomic E-state index is -5.81. The second-order valence-corrected chi connectivity index (χ2v) is 11.2. The van der Waals surface area contributed by atoms with Crippen molar-refractivity contribution in [2.45, 2.75) is 83.8 Å². The van der Waals surface area contributed by atoms with E-state index in [1.807, 2.05) is 18.7 Å². The smallest absolute Gasteiger partial charge is 0.430 e. The second-order valence-electron chi connectivity index (χ2n) is 11.2. The van der Waals surface area contributed by atoms with Gasteiger partial charge in [0.05, 0.1) is 6.61 Å². The first-order chi connectivity index (χ1) is 18.9. The van der Waals surface area contributed by atoms with Crippen molar-refractivity contribution in [1.29, 1.82) is 0 Å². The van der Waals surface area contributed by atoms with Crippen molar-refractivity contribution in [3.63, 3.8) is 0 Å². The number of carbonyl (C=O) groups is 1. The Morgan fingerprint density at radius 3 is 2.07 bits per heavy atom. The van der Waals surface area contributed by atoms with Crippen LogP contribution in [0, 0.1) is 0 Å². The Kier molecular flexibility index (Phi) is 9.42. The quantitative estimate of drug-likeness (QED) is 0.321. The molecule has 0 saturated carbocycles. The summed E-state index contributed by atoms with van der Waals surface area (Å²) in [6, 6.07) is 9.73. The zero-order valence-electron chi connectivity index (χ0n) is 23.9. The predicted octanol–water partition coefficient (Wildman–Crippen LogP) is 8.09. The van der Waals surface area contributed by atoms with Gasteiger partial charge in [0.1, 0.15) is 5.60 Å². The molecule has 0 N–H and O–H groups in total. The molecular formula is C30H36F6N2O3. The Hall–Kier alpha value is -3.21. The van der Waals surface area contributed by atoms with Crippen LogP contribution in [0.15, 0.2) is 54.6 Å². The van der Waals surface area contributed by atoms with E-state index in [2.05, 4.69) is 0 Å². The molecule has 2 aromatic rings. The summed E-state index contributed by atoms with van der Waals surface area (Å²) >= 11 is 0. The molecule has 0 aliphatic carbocycles. The topological polar surface area (TPSA) is 42.0 Å². The third kappa shape index (κ3) is 6.99. The summed E-state index contributed by atoms with van der Waals surface area (Å²) in [6.45, 7) is 10.2. The van der Waals surface area contributed by atoms with Crippen molar-refractivity contribution in [2.75, 3.05) is 18.0 Å². The normalized spacial score (nSPS) is 19.1. The van der Waals surface area contributed by atoms with Gasteiger partial charge in [0.25, 0.3) is 5.60 Å². The molecule has 2 atom stereocenters. The molecule has 1 amide bonds. The van der Waals surface area contributed by atoms with Crippen molar-refractivity contribution >= 4 is 17.9 Å². The Labute approximate surface area is 236 Å². The molecule has 1 saturated heterocycles. The number of alkyl halides is 6. The summed E-state index contributed by atoms with van der Waals surface area (Å²) in [5.74, 6) is 0. The fourth-order valence-corrected chi connectivity index (χ4v) is 4.89. The number of nitrogens with zero attached hydrogens (tertiary/aromatic N) is 2. The van der Waals surface area contributed by atoms with Gasteiger partial charge in [-0.1, -0.05) is 48.6 Å². The molecule has 5 nitrogen and oxygen atoms in total. The van der Waals surface area contributed by atoms with Gasteiger partial charge in [0.15, 0.2) is 0 Å². The van der Waals surface area contributed by atoms with Crippen molar-refractivity contribution in [3.05, 3.63) is 71.3 Å². The summed E-state index contributed by atoms with van der Waals surface area (Å²) in [4.78, 5) is 16.2. The van der Waals surface area contributed by atoms with Crippen LogP contribution in [-0.2, 0) is 21.7 Å². The number of halogens is 6. The summed E-state index contributed by atoms with van der Waals surface area (Å²) in [7, 11) is 0. The maximum Gasteiger partial charge on any atom is 0.430 e. The van der Waals surface area contributed by atoms with Crippen LogP contribution in [0.4, 0.5) is 36.8 Å². The molecule has 41 heavy (non-hydrogen) atoms. The molecular weight excluding hydrogens is 550 g/mol. The Morgan fingerprint density at radius 2 is 1.54 bits per heavy atom. The van der Waals surface area contributed by atoms with E-state index in [4.69, 9.17) is 9.47 Å². The molecule has 0 bridgehead atoms. The van der Waals surface area contributed by atoms with Crippen LogP contribution in [0.2, 0.25) is 0 Å². The fraction of sp³-hybridized carbons (Fsp3) is 0.500. The van der Waals surface area contributed by atoms with E-state index in [-0.39, 0.29) is 29.8 Å². The molecule has 226 valence electrons. The Morgan fingerprint density at radius 1 is 0.927 bits per heavy atom. The van der Waals surface area contributed by atoms with E-state index >= 15 is 0 Å². The molecule has 1 heterocycles. The standard InChI is InChI=1S/C30H36F6N2O3/c1-7-11-23-16-24(28(29(31,32)33,30(34,35)36)40-19-22-12-9-8-10-13-22)14-15-25(23)37-17-21(3)38(18-20(37)2)26(39)41-27(4,5)6/h7-16,20-21H,17-19H2,1-6H3/t20-,21+/m1/s1. The van der Waals surface area contributed by atoms with Gasteiger partial charge in [0.2, 0.25) is 0 Å². The highest BCUT2D eigenvalue weighted by Crippen LogP contribution is 2.54. The third-order valence-electron chi connectivity index (χ3n) is 6.80. The van der Waals surface area contributed by atoms with Gasteiger partial charge in [-0.2, -0.15) is 26.3 Å². The lowest BCUT2D eigenvalue weighted by atomic mass is 9.89. The number of anilines is 1. The first kappa shape index (κ1) is 32.3. The first-order valence-electron chi connectivity index (χ1n) is 13.3. The number of allylic oxidation sites excluding steroid dienone is 1. The van der Waals surface area contributed by atoms with Crippen LogP contribution >= 0.6 is 0 Å². The lowest BCUT2D eigenvalue weighted by Gasteiger charge is -2.46. The molecule has 0 unspecified atom stereocenters. The average Bonchev–Trinajstić information content (AvgIpc) is 2.84. The van der Waals surface area contributed by atoms with E-state index < -0.39 is 41.8 Å². The van der Waals surface area contributed by atoms with Crippen LogP contribution in [0.3, 0.4) is 0 Å². The lowest BCUT2D eigenvalue weighted by molar-refractivity contribution is -0.392. The summed E-state index contributed by atoms with van der Waals surface area (Å²) < 4.78 is 97.1. The van der Waals surface area contributed by atoms with Gasteiger partial charge < -0.3 is 19.3 Å². The number of hydrogen-bond acceptors (Lipinski definition) is 4. The van der Waals surface area contributed by atoms with Crippen LogP contribution in [0.25, 0.3) is 6.08 Å². The van der Waals surface area contributed by atoms with Crippen molar-refractivity contribution < 1.29 is 40.6 Å². The predicted molar refractivity (Wildman–Crippen MR) is 145 cm³/mol. The highest BCUT2D eigenvalue weighted by molar-refractivity contribution is 5.72. The number of hydrogen-bond donors (Lipinski definition) is 0. The number of carbonyl (C=O) groups excluding carboxylic acids is 1. The highest BCUT2D eigenvalue weighted by atomic mass is 19.4. The minimum absolute atomic E-state index is 0.163. The van der Waals surface area contributed by atoms with Gasteiger partial charge in [-0.15, -0.1) is 0 Å². The molecule has 1 fully saturated rings. The lowest BCUT2D eigenvalue weighted by Crippen LogP contribution is -2.59. The Bertz CT molecular complexity index is 1210. The Balaban J connectivity index is 2.04. The number of benzene rings is 2. The van der Waals surface area contributed by atoms with E-state index in [1.54, 1.807) is 44.7 Å². The summed E-state index contributed by atoms with van der Waals surface area (Å²) in [6.07, 6.45) is -9.10. The fourth-order valence-electron chi connectivity index (χ4n) is 4.89. The maximum absolute atomic E-state index is 14.5. The third-order valence-corrected chi connectivity index (χ3v) is 6.80. The van der Waals surface area contributed by atoms with Crippen LogP contribution in [-0.4, -0.2) is 54.1 Å². The number of piperazine rings is 1. The van der Waals surface area contributed by atoms with Crippen molar-refractivity contribution in [1.82, 2.24) is 4.90 Å². The van der Waals surface area contributed by atoms with Gasteiger partial charge in [-0.05, 0) is 64.8 Å². The zero-order valence-corrected chi connectivity index (χ0v) is 23.9. The van der Waals surface area contributed by atoms with E-state index in [9.17, 15) is 31.1 Å². The van der Waals surface area contributed by atoms with Crippen molar-refractivity contribution in [3.8, 4) is 0 Å². The second kappa shape index (κ2) is 12.0. The van der Waals surface area contributed by atoms with E-state index in [1.165, 1.54) is 36.4 Å². The SMILES string of the molecule is CC=Cc1cc(C(OCc2ccccc2)(C(F)(F)F)C(F)(F)F)ccc1N1C[C@H](C)N(C(=O)OC(C)(C)C)C[C@H]1C. The van der Waals surface area contributed by atoms with Crippen LogP contribution < -0.4 is 4.90 Å². The van der Waals surface area contributed by atoms with Gasteiger partial charge in [-0.3, -0.25) is 0 Å². The number of amides is 1. The maximum atomic E-state index is 14.5. The monoisotopic (exact) mass is 586 g/mol. The van der Waals surface area contributed by atoms with Crippen molar-refractivity contribution in [2.24, 2.45) is 0 Å². The molecule has 3 rings (SSSR count). The first-order valence-corrected chi connectivity index (χ1v) is 13.3. The van der Waals surface area contributed by atoms with Gasteiger partial charge in [0, 0.05) is 36.4 Å². The molecule has 0 aromatic heterocycles. The van der Waals surface area contributed by atoms with Crippen LogP contribution in [0.5, 0.6) is 0 Å². The summed E-state index contributed by atoms with van der Waals surface area (Å²) in [5.41, 5.74) is -5.55. The largest absolute Gasteiger partial charge is 0.444 e. The highest BCUT2D eigenvalue weighted by Gasteiger charge is 2.73. The van der Waals surface area contributed by atoms with E-state index in [0.717, 1.165) is 12.1 Å². The van der Waals surface area contributed by atoms with Crippen LogP contribution in [0.1, 0.15) is 58.2 Å². The van der Waals surface area contributed by atoms with Gasteiger partial charge in [-0.25, -0.2) is 4.79 Å².